The molecule has 0 saturated heterocycles. The number of benzene rings is 4. The number of carbonyl (C=O) groups excluding carboxylic acids is 2. The SMILES string of the molecule is Cc1ccc2ccc(C=Cc3ccc(C=O)cc3)c(C=Cc3ccc(C=O)cc3)c2c1. The fourth-order valence-corrected chi connectivity index (χ4v) is 3.54. The highest BCUT2D eigenvalue weighted by atomic mass is 16.1. The first-order valence-corrected chi connectivity index (χ1v) is 10.2. The van der Waals surface area contributed by atoms with Crippen LogP contribution in [0.25, 0.3) is 35.1 Å². The summed E-state index contributed by atoms with van der Waals surface area (Å²) in [5.74, 6) is 0. The van der Waals surface area contributed by atoms with Crippen LogP contribution in [0.1, 0.15) is 48.5 Å². The highest BCUT2D eigenvalue weighted by Gasteiger charge is 2.04. The van der Waals surface area contributed by atoms with Crippen LogP contribution in [0.5, 0.6) is 0 Å². The Balaban J connectivity index is 1.76. The average Bonchev–Trinajstić information content (AvgIpc) is 2.82. The summed E-state index contributed by atoms with van der Waals surface area (Å²) in [6.45, 7) is 2.10. The number of carbonyl (C=O) groups is 2. The highest BCUT2D eigenvalue weighted by molar-refractivity contribution is 5.97. The fraction of sp³-hybridized carbons (Fsp3) is 0.0345. The summed E-state index contributed by atoms with van der Waals surface area (Å²) in [4.78, 5) is 21.8. The van der Waals surface area contributed by atoms with Crippen molar-refractivity contribution < 1.29 is 9.59 Å². The van der Waals surface area contributed by atoms with Gasteiger partial charge in [0.05, 0.1) is 0 Å². The zero-order chi connectivity index (χ0) is 21.6. The standard InChI is InChI=1S/C29H22O2/c1-21-2-13-27-16-15-26(14-11-22-3-7-24(19-30)8-4-22)28(29(27)18-21)17-12-23-5-9-25(20-31)10-6-23/h2-20H,1H3. The Morgan fingerprint density at radius 2 is 1.06 bits per heavy atom. The minimum Gasteiger partial charge on any atom is -0.298 e. The van der Waals surface area contributed by atoms with E-state index < -0.39 is 0 Å². The first-order valence-electron chi connectivity index (χ1n) is 10.2. The van der Waals surface area contributed by atoms with Gasteiger partial charge in [-0.15, -0.1) is 0 Å². The molecule has 0 fully saturated rings. The van der Waals surface area contributed by atoms with E-state index in [0.29, 0.717) is 11.1 Å². The molecule has 0 unspecified atom stereocenters. The number of aldehydes is 2. The van der Waals surface area contributed by atoms with E-state index >= 15 is 0 Å². The van der Waals surface area contributed by atoms with Gasteiger partial charge in [0.25, 0.3) is 0 Å². The number of aryl methyl sites for hydroxylation is 1. The Labute approximate surface area is 182 Å². The Hall–Kier alpha value is -4.04. The van der Waals surface area contributed by atoms with E-state index in [4.69, 9.17) is 0 Å². The zero-order valence-electron chi connectivity index (χ0n) is 17.3. The van der Waals surface area contributed by atoms with Gasteiger partial charge in [0.1, 0.15) is 12.6 Å². The van der Waals surface area contributed by atoms with E-state index in [9.17, 15) is 9.59 Å². The third kappa shape index (κ3) is 4.76. The summed E-state index contributed by atoms with van der Waals surface area (Å²) in [7, 11) is 0. The molecule has 0 spiro atoms. The van der Waals surface area contributed by atoms with Crippen molar-refractivity contribution in [2.75, 3.05) is 0 Å². The van der Waals surface area contributed by atoms with E-state index in [1.807, 2.05) is 48.5 Å². The van der Waals surface area contributed by atoms with Crippen molar-refractivity contribution in [1.82, 2.24) is 0 Å². The van der Waals surface area contributed by atoms with E-state index in [1.54, 1.807) is 0 Å². The van der Waals surface area contributed by atoms with Crippen molar-refractivity contribution in [3.05, 3.63) is 118 Å². The van der Waals surface area contributed by atoms with Crippen LogP contribution in [0.2, 0.25) is 0 Å². The normalized spacial score (nSPS) is 11.4. The smallest absolute Gasteiger partial charge is 0.150 e. The summed E-state index contributed by atoms with van der Waals surface area (Å²) < 4.78 is 0. The predicted molar refractivity (Wildman–Crippen MR) is 130 cm³/mol. The lowest BCUT2D eigenvalue weighted by molar-refractivity contribution is 0.111. The molecule has 2 nitrogen and oxygen atoms in total. The molecule has 0 atom stereocenters. The van der Waals surface area contributed by atoms with Crippen LogP contribution in [0.4, 0.5) is 0 Å². The third-order valence-corrected chi connectivity index (χ3v) is 5.30. The molecule has 0 aromatic heterocycles. The van der Waals surface area contributed by atoms with Crippen molar-refractivity contribution in [1.29, 1.82) is 0 Å². The Morgan fingerprint density at radius 3 is 1.65 bits per heavy atom. The van der Waals surface area contributed by atoms with Gasteiger partial charge in [0.2, 0.25) is 0 Å². The van der Waals surface area contributed by atoms with Crippen LogP contribution in [-0.2, 0) is 0 Å². The van der Waals surface area contributed by atoms with Gasteiger partial charge in [-0.2, -0.15) is 0 Å². The van der Waals surface area contributed by atoms with Gasteiger partial charge >= 0.3 is 0 Å². The van der Waals surface area contributed by atoms with Crippen LogP contribution in [0.3, 0.4) is 0 Å². The van der Waals surface area contributed by atoms with Crippen molar-refractivity contribution in [2.45, 2.75) is 6.92 Å². The maximum absolute atomic E-state index is 10.9. The van der Waals surface area contributed by atoms with Crippen LogP contribution in [-0.4, -0.2) is 12.6 Å². The number of hydrogen-bond donors (Lipinski definition) is 0. The topological polar surface area (TPSA) is 34.1 Å². The van der Waals surface area contributed by atoms with Crippen LogP contribution in [0.15, 0.2) is 78.9 Å². The molecule has 4 aromatic carbocycles. The lowest BCUT2D eigenvalue weighted by atomic mass is 9.95. The minimum absolute atomic E-state index is 0.669. The second-order valence-corrected chi connectivity index (χ2v) is 7.53. The maximum atomic E-state index is 10.9. The van der Waals surface area contributed by atoms with E-state index in [2.05, 4.69) is 61.6 Å². The summed E-state index contributed by atoms with van der Waals surface area (Å²) in [5, 5.41) is 2.38. The van der Waals surface area contributed by atoms with Gasteiger partial charge in [-0.3, -0.25) is 9.59 Å². The molecule has 0 radical (unpaired) electrons. The Kier molecular flexibility index (Phi) is 6.00. The van der Waals surface area contributed by atoms with Crippen molar-refractivity contribution in [3.63, 3.8) is 0 Å². The summed E-state index contributed by atoms with van der Waals surface area (Å²) >= 11 is 0. The monoisotopic (exact) mass is 402 g/mol. The minimum atomic E-state index is 0.669. The van der Waals surface area contributed by atoms with Gasteiger partial charge in [-0.25, -0.2) is 0 Å². The summed E-state index contributed by atoms with van der Waals surface area (Å²) in [5.41, 5.74) is 6.87. The van der Waals surface area contributed by atoms with Crippen LogP contribution < -0.4 is 0 Å². The van der Waals surface area contributed by atoms with Gasteiger partial charge in [-0.05, 0) is 39.9 Å². The first-order chi connectivity index (χ1) is 15.2. The van der Waals surface area contributed by atoms with Gasteiger partial charge in [0.15, 0.2) is 0 Å². The Morgan fingerprint density at radius 1 is 0.548 bits per heavy atom. The van der Waals surface area contributed by atoms with Gasteiger partial charge in [0, 0.05) is 11.1 Å². The molecule has 0 N–H and O–H groups in total. The van der Waals surface area contributed by atoms with Gasteiger partial charge in [-0.1, -0.05) is 109 Å². The van der Waals surface area contributed by atoms with E-state index in [1.165, 1.54) is 16.3 Å². The molecule has 150 valence electrons. The highest BCUT2D eigenvalue weighted by Crippen LogP contribution is 2.27. The largest absolute Gasteiger partial charge is 0.298 e. The van der Waals surface area contributed by atoms with Gasteiger partial charge < -0.3 is 0 Å². The first kappa shape index (κ1) is 20.2. The quantitative estimate of drug-likeness (QED) is 0.254. The molecule has 0 saturated carbocycles. The third-order valence-electron chi connectivity index (χ3n) is 5.30. The molecule has 0 heterocycles. The summed E-state index contributed by atoms with van der Waals surface area (Å²) in [6, 6.07) is 25.8. The van der Waals surface area contributed by atoms with E-state index in [-0.39, 0.29) is 0 Å². The second-order valence-electron chi connectivity index (χ2n) is 7.53. The fourth-order valence-electron chi connectivity index (χ4n) is 3.54. The molecule has 4 aromatic rings. The maximum Gasteiger partial charge on any atom is 0.150 e. The van der Waals surface area contributed by atoms with Crippen LogP contribution in [0, 0.1) is 6.92 Å². The lowest BCUT2D eigenvalue weighted by Crippen LogP contribution is -1.86. The Bertz CT molecular complexity index is 1290. The van der Waals surface area contributed by atoms with Crippen molar-refractivity contribution in [3.8, 4) is 0 Å². The zero-order valence-corrected chi connectivity index (χ0v) is 17.3. The molecule has 4 rings (SSSR count). The van der Waals surface area contributed by atoms with Crippen molar-refractivity contribution in [2.24, 2.45) is 0 Å². The van der Waals surface area contributed by atoms with E-state index in [0.717, 1.165) is 34.8 Å². The molecule has 31 heavy (non-hydrogen) atoms. The molecule has 0 aliphatic carbocycles. The number of fused-ring (bicyclic) bond motifs is 1. The summed E-state index contributed by atoms with van der Waals surface area (Å²) in [6.07, 6.45) is 10.1. The molecule has 0 bridgehead atoms. The molecular formula is C29H22O2. The second kappa shape index (κ2) is 9.19. The van der Waals surface area contributed by atoms with Crippen LogP contribution >= 0.6 is 0 Å². The average molecular weight is 402 g/mol. The molecule has 0 aliphatic rings. The molecule has 2 heteroatoms. The molecule has 0 amide bonds. The molecular weight excluding hydrogens is 380 g/mol. The van der Waals surface area contributed by atoms with Crippen molar-refractivity contribution >= 4 is 47.6 Å². The number of rotatable bonds is 6. The molecule has 0 aliphatic heterocycles. The lowest BCUT2D eigenvalue weighted by Gasteiger charge is -2.09. The predicted octanol–water partition coefficient (Wildman–Crippen LogP) is 7.11. The number of hydrogen-bond acceptors (Lipinski definition) is 2.